The second-order valence-corrected chi connectivity index (χ2v) is 5.58. The molecule has 122 valence electrons. The number of nitrogens with zero attached hydrogens (tertiary/aromatic N) is 5. The molecule has 2 aromatic rings. The van der Waals surface area contributed by atoms with E-state index < -0.39 is 11.7 Å². The minimum Gasteiger partial charge on any atom is -0.353 e. The minimum atomic E-state index is -4.39. The van der Waals surface area contributed by atoms with Gasteiger partial charge in [-0.1, -0.05) is 4.49 Å². The Morgan fingerprint density at radius 1 is 1.17 bits per heavy atom. The number of pyridine rings is 1. The van der Waals surface area contributed by atoms with E-state index in [2.05, 4.69) is 14.6 Å². The van der Waals surface area contributed by atoms with E-state index in [1.807, 2.05) is 4.90 Å². The highest BCUT2D eigenvalue weighted by Crippen LogP contribution is 2.29. The summed E-state index contributed by atoms with van der Waals surface area (Å²) in [6, 6.07) is 2.37. The van der Waals surface area contributed by atoms with Gasteiger partial charge in [0.2, 0.25) is 0 Å². The van der Waals surface area contributed by atoms with Crippen molar-refractivity contribution in [3.63, 3.8) is 0 Å². The first-order valence-electron chi connectivity index (χ1n) is 6.79. The lowest BCUT2D eigenvalue weighted by molar-refractivity contribution is -0.137. The first-order valence-corrected chi connectivity index (χ1v) is 7.63. The summed E-state index contributed by atoms with van der Waals surface area (Å²) in [5, 5.41) is 5.34. The van der Waals surface area contributed by atoms with Gasteiger partial charge in [0.1, 0.15) is 5.82 Å². The molecule has 23 heavy (non-hydrogen) atoms. The molecule has 3 heterocycles. The summed E-state index contributed by atoms with van der Waals surface area (Å²) in [5.41, 5.74) is -0.456. The second-order valence-electron chi connectivity index (χ2n) is 4.97. The van der Waals surface area contributed by atoms with Gasteiger partial charge < -0.3 is 9.80 Å². The van der Waals surface area contributed by atoms with Crippen molar-refractivity contribution in [3.05, 3.63) is 35.0 Å². The van der Waals surface area contributed by atoms with Gasteiger partial charge in [-0.15, -0.1) is 5.10 Å². The van der Waals surface area contributed by atoms with E-state index in [9.17, 15) is 18.0 Å². The number of aromatic nitrogens is 3. The molecule has 1 aliphatic rings. The average Bonchev–Trinajstić information content (AvgIpc) is 3.08. The van der Waals surface area contributed by atoms with Gasteiger partial charge >= 0.3 is 6.18 Å². The monoisotopic (exact) mass is 343 g/mol. The van der Waals surface area contributed by atoms with Crippen LogP contribution >= 0.6 is 11.5 Å². The normalized spacial score (nSPS) is 15.8. The van der Waals surface area contributed by atoms with Crippen LogP contribution in [0.15, 0.2) is 23.7 Å². The highest BCUT2D eigenvalue weighted by Gasteiger charge is 2.31. The molecule has 0 N–H and O–H groups in total. The third kappa shape index (κ3) is 3.41. The van der Waals surface area contributed by atoms with Crippen LogP contribution in [0.4, 0.5) is 19.0 Å². The van der Waals surface area contributed by atoms with Gasteiger partial charge in [-0.05, 0) is 23.7 Å². The Balaban J connectivity index is 1.62. The van der Waals surface area contributed by atoms with Crippen molar-refractivity contribution in [2.45, 2.75) is 6.18 Å². The summed E-state index contributed by atoms with van der Waals surface area (Å²) in [4.78, 5) is 19.5. The molecule has 10 heteroatoms. The zero-order valence-corrected chi connectivity index (χ0v) is 12.6. The van der Waals surface area contributed by atoms with E-state index in [0.29, 0.717) is 37.7 Å². The maximum absolute atomic E-state index is 12.5. The predicted octanol–water partition coefficient (Wildman–Crippen LogP) is 1.91. The molecular formula is C13H12F3N5OS. The summed E-state index contributed by atoms with van der Waals surface area (Å²) in [6.07, 6.45) is -3.56. The van der Waals surface area contributed by atoms with Gasteiger partial charge in [0, 0.05) is 37.8 Å². The summed E-state index contributed by atoms with van der Waals surface area (Å²) in [6.45, 7) is 1.92. The lowest BCUT2D eigenvalue weighted by Gasteiger charge is -2.35. The zero-order valence-electron chi connectivity index (χ0n) is 11.8. The van der Waals surface area contributed by atoms with Gasteiger partial charge in [-0.2, -0.15) is 13.2 Å². The molecule has 1 aliphatic heterocycles. The number of piperazine rings is 1. The van der Waals surface area contributed by atoms with Crippen LogP contribution < -0.4 is 4.90 Å². The summed E-state index contributed by atoms with van der Waals surface area (Å²) >= 11 is 1.11. The lowest BCUT2D eigenvalue weighted by Crippen LogP contribution is -2.49. The van der Waals surface area contributed by atoms with E-state index in [0.717, 1.165) is 23.8 Å². The first kappa shape index (κ1) is 15.7. The van der Waals surface area contributed by atoms with Gasteiger partial charge in [0.25, 0.3) is 5.91 Å². The quantitative estimate of drug-likeness (QED) is 0.834. The third-order valence-electron chi connectivity index (χ3n) is 3.55. The Morgan fingerprint density at radius 3 is 2.43 bits per heavy atom. The summed E-state index contributed by atoms with van der Waals surface area (Å²) < 4.78 is 41.2. The molecule has 1 amide bonds. The highest BCUT2D eigenvalue weighted by molar-refractivity contribution is 7.03. The molecular weight excluding hydrogens is 331 g/mol. The van der Waals surface area contributed by atoms with Crippen LogP contribution in [0.25, 0.3) is 0 Å². The maximum atomic E-state index is 12.5. The van der Waals surface area contributed by atoms with Gasteiger partial charge in [-0.25, -0.2) is 4.98 Å². The topological polar surface area (TPSA) is 62.2 Å². The van der Waals surface area contributed by atoms with Crippen LogP contribution in [0.2, 0.25) is 0 Å². The van der Waals surface area contributed by atoms with Crippen LogP contribution in [0.3, 0.4) is 0 Å². The molecule has 6 nitrogen and oxygen atoms in total. The summed E-state index contributed by atoms with van der Waals surface area (Å²) in [5.74, 6) is 0.291. The molecule has 0 aromatic carbocycles. The van der Waals surface area contributed by atoms with Crippen LogP contribution in [0, 0.1) is 0 Å². The zero-order chi connectivity index (χ0) is 16.4. The number of amides is 1. The van der Waals surface area contributed by atoms with Crippen molar-refractivity contribution in [1.29, 1.82) is 0 Å². The molecule has 1 saturated heterocycles. The van der Waals surface area contributed by atoms with Crippen molar-refractivity contribution in [3.8, 4) is 0 Å². The number of hydrogen-bond donors (Lipinski definition) is 0. The number of halogens is 3. The molecule has 0 saturated carbocycles. The molecule has 0 spiro atoms. The number of carbonyl (C=O) groups excluding carboxylic acids is 1. The largest absolute Gasteiger partial charge is 0.417 e. The van der Waals surface area contributed by atoms with Crippen LogP contribution in [-0.2, 0) is 6.18 Å². The third-order valence-corrected chi connectivity index (χ3v) is 4.05. The van der Waals surface area contributed by atoms with E-state index in [1.165, 1.54) is 6.07 Å². The van der Waals surface area contributed by atoms with Crippen LogP contribution in [0.5, 0.6) is 0 Å². The molecule has 2 aromatic heterocycles. The van der Waals surface area contributed by atoms with Crippen LogP contribution in [-0.4, -0.2) is 51.6 Å². The van der Waals surface area contributed by atoms with Gasteiger partial charge in [-0.3, -0.25) is 4.79 Å². The predicted molar refractivity (Wildman–Crippen MR) is 77.3 cm³/mol. The van der Waals surface area contributed by atoms with E-state index >= 15 is 0 Å². The van der Waals surface area contributed by atoms with E-state index in [1.54, 1.807) is 10.3 Å². The van der Waals surface area contributed by atoms with E-state index in [4.69, 9.17) is 0 Å². The number of carbonyl (C=O) groups is 1. The fourth-order valence-electron chi connectivity index (χ4n) is 2.30. The molecule has 0 bridgehead atoms. The molecule has 0 atom stereocenters. The maximum Gasteiger partial charge on any atom is 0.417 e. The molecule has 0 aliphatic carbocycles. The lowest BCUT2D eigenvalue weighted by atomic mass is 10.2. The van der Waals surface area contributed by atoms with E-state index in [-0.39, 0.29) is 5.91 Å². The minimum absolute atomic E-state index is 0.182. The van der Waals surface area contributed by atoms with Gasteiger partial charge in [0.15, 0.2) is 5.69 Å². The van der Waals surface area contributed by atoms with Crippen molar-refractivity contribution in [1.82, 2.24) is 19.5 Å². The number of hydrogen-bond acceptors (Lipinski definition) is 6. The Kier molecular flexibility index (Phi) is 4.16. The standard InChI is InChI=1S/C13H12F3N5OS/c14-13(15,16)9-1-2-11(17-7-9)20-3-5-21(6-4-20)12(22)10-8-23-19-18-10/h1-2,7-8H,3-6H2. The number of rotatable bonds is 2. The average molecular weight is 343 g/mol. The van der Waals surface area contributed by atoms with Crippen molar-refractivity contribution in [2.24, 2.45) is 0 Å². The molecule has 0 unspecified atom stereocenters. The van der Waals surface area contributed by atoms with Crippen molar-refractivity contribution >= 4 is 23.3 Å². The molecule has 0 radical (unpaired) electrons. The molecule has 3 rings (SSSR count). The fraction of sp³-hybridized carbons (Fsp3) is 0.385. The Hall–Kier alpha value is -2.23. The van der Waals surface area contributed by atoms with Crippen molar-refractivity contribution in [2.75, 3.05) is 31.1 Å². The Morgan fingerprint density at radius 2 is 1.91 bits per heavy atom. The first-order chi connectivity index (χ1) is 10.9. The fourth-order valence-corrected chi connectivity index (χ4v) is 2.73. The summed E-state index contributed by atoms with van der Waals surface area (Å²) in [7, 11) is 0. The Bertz CT molecular complexity index is 666. The van der Waals surface area contributed by atoms with Crippen molar-refractivity contribution < 1.29 is 18.0 Å². The smallest absolute Gasteiger partial charge is 0.353 e. The van der Waals surface area contributed by atoms with Gasteiger partial charge in [0.05, 0.1) is 5.56 Å². The van der Waals surface area contributed by atoms with Crippen LogP contribution in [0.1, 0.15) is 16.1 Å². The Labute approximate surface area is 133 Å². The SMILES string of the molecule is O=C(c1csnn1)N1CCN(c2ccc(C(F)(F)F)cn2)CC1. The number of anilines is 1. The number of alkyl halides is 3. The molecule has 1 fully saturated rings. The second kappa shape index (κ2) is 6.11. The highest BCUT2D eigenvalue weighted by atomic mass is 32.1.